The molecule has 142 valence electrons. The normalized spacial score (nSPS) is 11.2. The van der Waals surface area contributed by atoms with Crippen LogP contribution in [0.2, 0.25) is 10.0 Å². The van der Waals surface area contributed by atoms with Gasteiger partial charge in [-0.15, -0.1) is 0 Å². The lowest BCUT2D eigenvalue weighted by molar-refractivity contribution is -0.137. The molecule has 0 unspecified atom stereocenters. The molecule has 0 saturated heterocycles. The Morgan fingerprint density at radius 3 is 1.86 bits per heavy atom. The zero-order valence-corrected chi connectivity index (χ0v) is 15.9. The fraction of sp³-hybridized carbons (Fsp3) is 0.100. The van der Waals surface area contributed by atoms with Crippen molar-refractivity contribution in [1.82, 2.24) is 0 Å². The molecule has 0 heterocycles. The first-order chi connectivity index (χ1) is 13.3. The first kappa shape index (κ1) is 22.7. The summed E-state index contributed by atoms with van der Waals surface area (Å²) in [5.41, 5.74) is 1.33. The third-order valence-corrected chi connectivity index (χ3v) is 3.85. The summed E-state index contributed by atoms with van der Waals surface area (Å²) in [6.07, 6.45) is 0.682. The van der Waals surface area contributed by atoms with E-state index in [1.54, 1.807) is 54.6 Å². The highest BCUT2D eigenvalue weighted by Crippen LogP contribution is 2.20. The van der Waals surface area contributed by atoms with Crippen molar-refractivity contribution in [2.75, 3.05) is 0 Å². The monoisotopic (exact) mass is 416 g/mol. The van der Waals surface area contributed by atoms with E-state index in [-0.39, 0.29) is 12.0 Å². The number of nitriles is 2. The molecule has 0 aliphatic rings. The van der Waals surface area contributed by atoms with E-state index in [4.69, 9.17) is 43.9 Å². The molecule has 6 nitrogen and oxygen atoms in total. The second kappa shape index (κ2) is 11.4. The number of carboxylic acid groups (broad SMARTS) is 2. The highest BCUT2D eigenvalue weighted by Gasteiger charge is 2.14. The molecule has 28 heavy (non-hydrogen) atoms. The van der Waals surface area contributed by atoms with Crippen molar-refractivity contribution in [3.63, 3.8) is 0 Å². The maximum atomic E-state index is 10.4. The summed E-state index contributed by atoms with van der Waals surface area (Å²) >= 11 is 11.3. The Balaban J connectivity index is 0.000000280. The average molecular weight is 417 g/mol. The Hall–Kier alpha value is -3.32. The zero-order valence-electron chi connectivity index (χ0n) is 14.3. The average Bonchev–Trinajstić information content (AvgIpc) is 2.66. The fourth-order valence-electron chi connectivity index (χ4n) is 2.04. The van der Waals surface area contributed by atoms with Gasteiger partial charge in [0.15, 0.2) is 0 Å². The molecule has 2 N–H and O–H groups in total. The van der Waals surface area contributed by atoms with Crippen molar-refractivity contribution in [2.45, 2.75) is 12.3 Å². The molecule has 0 aromatic heterocycles. The summed E-state index contributed by atoms with van der Waals surface area (Å²) in [4.78, 5) is 20.8. The van der Waals surface area contributed by atoms with Gasteiger partial charge in [-0.1, -0.05) is 47.5 Å². The summed E-state index contributed by atoms with van der Waals surface area (Å²) in [7, 11) is 0. The van der Waals surface area contributed by atoms with Gasteiger partial charge in [-0.25, -0.2) is 4.79 Å². The molecule has 0 bridgehead atoms. The third kappa shape index (κ3) is 7.92. The third-order valence-electron chi connectivity index (χ3n) is 3.35. The van der Waals surface area contributed by atoms with Gasteiger partial charge in [0.2, 0.25) is 0 Å². The number of aliphatic carboxylic acids is 2. The van der Waals surface area contributed by atoms with E-state index in [1.807, 2.05) is 6.07 Å². The number of carbonyl (C=O) groups is 2. The van der Waals surface area contributed by atoms with Crippen LogP contribution in [0.5, 0.6) is 0 Å². The summed E-state index contributed by atoms with van der Waals surface area (Å²) < 4.78 is 0. The molecule has 0 saturated carbocycles. The Kier molecular flexibility index (Phi) is 9.25. The largest absolute Gasteiger partial charge is 0.481 e. The van der Waals surface area contributed by atoms with Crippen LogP contribution < -0.4 is 0 Å². The number of rotatable bonds is 5. The van der Waals surface area contributed by atoms with Crippen LogP contribution in [0, 0.1) is 22.7 Å². The SMILES string of the molecule is N#C/C(=C\C(=O)O)c1ccc(Cl)cc1.N#C[C@H](CC(=O)O)c1ccc(Cl)cc1. The first-order valence-electron chi connectivity index (χ1n) is 7.74. The van der Waals surface area contributed by atoms with Gasteiger partial charge in [-0.3, -0.25) is 4.79 Å². The minimum Gasteiger partial charge on any atom is -0.481 e. The number of carboxylic acids is 2. The molecule has 0 radical (unpaired) electrons. The van der Waals surface area contributed by atoms with Crippen molar-refractivity contribution in [3.8, 4) is 12.1 Å². The van der Waals surface area contributed by atoms with E-state index in [9.17, 15) is 9.59 Å². The van der Waals surface area contributed by atoms with E-state index < -0.39 is 17.9 Å². The van der Waals surface area contributed by atoms with Gasteiger partial charge >= 0.3 is 11.9 Å². The van der Waals surface area contributed by atoms with Gasteiger partial charge in [0.25, 0.3) is 0 Å². The number of halogens is 2. The smallest absolute Gasteiger partial charge is 0.329 e. The van der Waals surface area contributed by atoms with E-state index >= 15 is 0 Å². The molecule has 2 rings (SSSR count). The van der Waals surface area contributed by atoms with Gasteiger partial charge in [0.1, 0.15) is 6.07 Å². The van der Waals surface area contributed by atoms with Crippen LogP contribution in [0.15, 0.2) is 54.6 Å². The lowest BCUT2D eigenvalue weighted by Gasteiger charge is -2.05. The Labute approximate surface area is 171 Å². The minimum atomic E-state index is -1.14. The molecule has 0 spiro atoms. The van der Waals surface area contributed by atoms with Crippen LogP contribution >= 0.6 is 23.2 Å². The molecular formula is C20H14Cl2N2O4. The fourth-order valence-corrected chi connectivity index (χ4v) is 2.29. The molecule has 0 aliphatic carbocycles. The van der Waals surface area contributed by atoms with Gasteiger partial charge < -0.3 is 10.2 Å². The number of allylic oxidation sites excluding steroid dienone is 1. The van der Waals surface area contributed by atoms with Crippen LogP contribution in [0.1, 0.15) is 23.5 Å². The number of nitrogens with zero attached hydrogens (tertiary/aromatic N) is 2. The van der Waals surface area contributed by atoms with Crippen molar-refractivity contribution < 1.29 is 19.8 Å². The Bertz CT molecular complexity index is 940. The molecule has 0 aliphatic heterocycles. The molecule has 2 aromatic carbocycles. The molecule has 8 heteroatoms. The molecular weight excluding hydrogens is 403 g/mol. The summed E-state index contributed by atoms with van der Waals surface area (Å²) in [5, 5.41) is 35.6. The van der Waals surface area contributed by atoms with Crippen LogP contribution in [0.25, 0.3) is 5.57 Å². The predicted molar refractivity (Wildman–Crippen MR) is 105 cm³/mol. The quantitative estimate of drug-likeness (QED) is 0.535. The standard InChI is InChI=1S/C10H8ClNO2.C10H6ClNO2/c2*11-9-3-1-7(2-4-9)8(6-12)5-10(13)14/h1-4,8H,5H2,(H,13,14);1-5H,(H,13,14)/b;8-5+/t8-;/m0./s1. The minimum absolute atomic E-state index is 0.106. The van der Waals surface area contributed by atoms with Crippen LogP contribution in [0.4, 0.5) is 0 Å². The van der Waals surface area contributed by atoms with Crippen molar-refractivity contribution in [1.29, 1.82) is 10.5 Å². The Morgan fingerprint density at radius 2 is 1.46 bits per heavy atom. The van der Waals surface area contributed by atoms with E-state index in [0.29, 0.717) is 21.2 Å². The topological polar surface area (TPSA) is 122 Å². The Morgan fingerprint density at radius 1 is 0.964 bits per heavy atom. The highest BCUT2D eigenvalue weighted by atomic mass is 35.5. The molecule has 1 atom stereocenters. The number of benzene rings is 2. The van der Waals surface area contributed by atoms with Gasteiger partial charge in [0.05, 0.1) is 24.0 Å². The second-order valence-corrected chi connectivity index (χ2v) is 6.22. The lowest BCUT2D eigenvalue weighted by atomic mass is 9.97. The van der Waals surface area contributed by atoms with Crippen molar-refractivity contribution in [2.24, 2.45) is 0 Å². The number of hydrogen-bond acceptors (Lipinski definition) is 4. The summed E-state index contributed by atoms with van der Waals surface area (Å²) in [6.45, 7) is 0. The highest BCUT2D eigenvalue weighted by molar-refractivity contribution is 6.30. The maximum Gasteiger partial charge on any atom is 0.329 e. The van der Waals surface area contributed by atoms with E-state index in [1.165, 1.54) is 0 Å². The van der Waals surface area contributed by atoms with Crippen LogP contribution in [-0.4, -0.2) is 22.2 Å². The van der Waals surface area contributed by atoms with Gasteiger partial charge in [-0.2, -0.15) is 10.5 Å². The molecule has 0 fully saturated rings. The number of hydrogen-bond donors (Lipinski definition) is 2. The zero-order chi connectivity index (χ0) is 21.1. The predicted octanol–water partition coefficient (Wildman–Crippen LogP) is 4.75. The van der Waals surface area contributed by atoms with Gasteiger partial charge in [0, 0.05) is 16.1 Å². The van der Waals surface area contributed by atoms with E-state index in [0.717, 1.165) is 6.08 Å². The first-order valence-corrected chi connectivity index (χ1v) is 8.50. The van der Waals surface area contributed by atoms with Gasteiger partial charge in [-0.05, 0) is 35.4 Å². The summed E-state index contributed by atoms with van der Waals surface area (Å²) in [5.74, 6) is -2.73. The van der Waals surface area contributed by atoms with Crippen molar-refractivity contribution >= 4 is 40.7 Å². The van der Waals surface area contributed by atoms with Crippen LogP contribution in [-0.2, 0) is 9.59 Å². The lowest BCUT2D eigenvalue weighted by Crippen LogP contribution is -2.04. The maximum absolute atomic E-state index is 10.4. The van der Waals surface area contributed by atoms with E-state index in [2.05, 4.69) is 0 Å². The summed E-state index contributed by atoms with van der Waals surface area (Å²) in [6, 6.07) is 16.8. The van der Waals surface area contributed by atoms with Crippen LogP contribution in [0.3, 0.4) is 0 Å². The van der Waals surface area contributed by atoms with Crippen molar-refractivity contribution in [3.05, 3.63) is 75.8 Å². The molecule has 2 aromatic rings. The molecule has 0 amide bonds. The second-order valence-electron chi connectivity index (χ2n) is 5.35.